The lowest BCUT2D eigenvalue weighted by atomic mass is 9.90. The Hall–Kier alpha value is -1.26. The molecule has 2 atom stereocenters. The molecule has 2 unspecified atom stereocenters. The molecule has 21 heavy (non-hydrogen) atoms. The van der Waals surface area contributed by atoms with Crippen LogP contribution in [0.3, 0.4) is 0 Å². The van der Waals surface area contributed by atoms with Crippen LogP contribution in [0.25, 0.3) is 0 Å². The minimum atomic E-state index is 0.362. The molecular weight excluding hydrogens is 278 g/mol. The molecule has 0 saturated heterocycles. The van der Waals surface area contributed by atoms with Crippen molar-refractivity contribution >= 4 is 11.8 Å². The normalized spacial score (nSPS) is 18.7. The van der Waals surface area contributed by atoms with Gasteiger partial charge in [0, 0.05) is 40.9 Å². The fourth-order valence-electron chi connectivity index (χ4n) is 2.97. The van der Waals surface area contributed by atoms with E-state index in [1.807, 2.05) is 22.6 Å². The van der Waals surface area contributed by atoms with E-state index < -0.39 is 0 Å². The van der Waals surface area contributed by atoms with Crippen LogP contribution in [0.5, 0.6) is 0 Å². The lowest BCUT2D eigenvalue weighted by Gasteiger charge is -2.24. The van der Waals surface area contributed by atoms with Crippen LogP contribution in [0, 0.1) is 0 Å². The molecule has 1 aromatic heterocycles. The fraction of sp³-hybridized carbons (Fsp3) is 0.471. The molecule has 0 saturated carbocycles. The van der Waals surface area contributed by atoms with Gasteiger partial charge in [0.05, 0.1) is 6.20 Å². The van der Waals surface area contributed by atoms with Gasteiger partial charge in [0.25, 0.3) is 0 Å². The Balaban J connectivity index is 1.89. The van der Waals surface area contributed by atoms with Gasteiger partial charge in [-0.05, 0) is 31.5 Å². The first-order chi connectivity index (χ1) is 10.3. The highest BCUT2D eigenvalue weighted by Gasteiger charge is 2.31. The molecule has 4 heteroatoms. The number of hydrogen-bond acceptors (Lipinski definition) is 3. The second-order valence-electron chi connectivity index (χ2n) is 5.52. The molecule has 3 nitrogen and oxygen atoms in total. The van der Waals surface area contributed by atoms with Crippen molar-refractivity contribution in [3.63, 3.8) is 0 Å². The summed E-state index contributed by atoms with van der Waals surface area (Å²) in [6.45, 7) is 6.32. The van der Waals surface area contributed by atoms with Gasteiger partial charge in [0.1, 0.15) is 0 Å². The summed E-state index contributed by atoms with van der Waals surface area (Å²) in [6.07, 6.45) is 5.38. The number of thioether (sulfide) groups is 1. The standard InChI is InChI=1S/C17H23N3S/c1-3-9-18-17(13-10-19-20(4-2)11-13)15-12-21-16-8-6-5-7-14(15)16/h5-8,10-11,15,17-18H,3-4,9,12H2,1-2H3. The van der Waals surface area contributed by atoms with Crippen LogP contribution in [0.4, 0.5) is 0 Å². The smallest absolute Gasteiger partial charge is 0.0537 e. The van der Waals surface area contributed by atoms with Crippen molar-refractivity contribution in [2.75, 3.05) is 12.3 Å². The quantitative estimate of drug-likeness (QED) is 0.879. The first-order valence-corrected chi connectivity index (χ1v) is 8.79. The molecule has 0 amide bonds. The Morgan fingerprint density at radius 2 is 2.24 bits per heavy atom. The van der Waals surface area contributed by atoms with E-state index in [0.29, 0.717) is 12.0 Å². The predicted octanol–water partition coefficient (Wildman–Crippen LogP) is 3.83. The second-order valence-corrected chi connectivity index (χ2v) is 6.58. The number of benzene rings is 1. The van der Waals surface area contributed by atoms with Crippen LogP contribution in [0.15, 0.2) is 41.6 Å². The maximum atomic E-state index is 4.46. The minimum Gasteiger partial charge on any atom is -0.309 e. The highest BCUT2D eigenvalue weighted by atomic mass is 32.2. The van der Waals surface area contributed by atoms with Crippen LogP contribution in [0.2, 0.25) is 0 Å². The zero-order chi connectivity index (χ0) is 14.7. The summed E-state index contributed by atoms with van der Waals surface area (Å²) in [7, 11) is 0. The summed E-state index contributed by atoms with van der Waals surface area (Å²) in [5, 5.41) is 8.20. The fourth-order valence-corrected chi connectivity index (χ4v) is 4.26. The Morgan fingerprint density at radius 1 is 1.38 bits per heavy atom. The van der Waals surface area contributed by atoms with Crippen molar-refractivity contribution in [3.05, 3.63) is 47.8 Å². The van der Waals surface area contributed by atoms with E-state index in [0.717, 1.165) is 25.3 Å². The molecule has 2 heterocycles. The topological polar surface area (TPSA) is 29.9 Å². The van der Waals surface area contributed by atoms with E-state index in [1.165, 1.54) is 16.0 Å². The van der Waals surface area contributed by atoms with E-state index in [-0.39, 0.29) is 0 Å². The maximum absolute atomic E-state index is 4.46. The summed E-state index contributed by atoms with van der Waals surface area (Å²) in [5.41, 5.74) is 2.80. The molecule has 1 aliphatic rings. The van der Waals surface area contributed by atoms with Crippen molar-refractivity contribution in [1.82, 2.24) is 15.1 Å². The van der Waals surface area contributed by atoms with Crippen molar-refractivity contribution in [3.8, 4) is 0 Å². The van der Waals surface area contributed by atoms with Gasteiger partial charge >= 0.3 is 0 Å². The lowest BCUT2D eigenvalue weighted by molar-refractivity contribution is 0.471. The Kier molecular flexibility index (Phi) is 4.66. The summed E-state index contributed by atoms with van der Waals surface area (Å²) >= 11 is 1.98. The molecule has 0 radical (unpaired) electrons. The predicted molar refractivity (Wildman–Crippen MR) is 88.8 cm³/mol. The van der Waals surface area contributed by atoms with E-state index in [1.54, 1.807) is 0 Å². The number of aryl methyl sites for hydroxylation is 1. The molecule has 0 fully saturated rings. The summed E-state index contributed by atoms with van der Waals surface area (Å²) in [6, 6.07) is 9.18. The number of rotatable bonds is 6. The van der Waals surface area contributed by atoms with Crippen LogP contribution < -0.4 is 5.32 Å². The van der Waals surface area contributed by atoms with Gasteiger partial charge < -0.3 is 5.32 Å². The molecule has 0 spiro atoms. The van der Waals surface area contributed by atoms with Gasteiger partial charge in [0.15, 0.2) is 0 Å². The monoisotopic (exact) mass is 301 g/mol. The van der Waals surface area contributed by atoms with Crippen LogP contribution in [0.1, 0.15) is 43.4 Å². The molecule has 1 N–H and O–H groups in total. The SMILES string of the molecule is CCCNC(c1cnn(CC)c1)C1CSc2ccccc21. The van der Waals surface area contributed by atoms with Crippen LogP contribution in [-0.2, 0) is 6.54 Å². The lowest BCUT2D eigenvalue weighted by Crippen LogP contribution is -2.27. The zero-order valence-corrected chi connectivity index (χ0v) is 13.6. The summed E-state index contributed by atoms with van der Waals surface area (Å²) < 4.78 is 2.02. The minimum absolute atomic E-state index is 0.362. The average Bonchev–Trinajstić information content (AvgIpc) is 3.15. The first-order valence-electron chi connectivity index (χ1n) is 7.81. The van der Waals surface area contributed by atoms with Gasteiger partial charge in [-0.3, -0.25) is 4.68 Å². The Labute approximate surface area is 131 Å². The van der Waals surface area contributed by atoms with E-state index in [9.17, 15) is 0 Å². The largest absolute Gasteiger partial charge is 0.309 e. The number of nitrogens with zero attached hydrogens (tertiary/aromatic N) is 2. The Bertz CT molecular complexity index is 593. The number of nitrogens with one attached hydrogen (secondary N) is 1. The van der Waals surface area contributed by atoms with Crippen LogP contribution >= 0.6 is 11.8 Å². The third-order valence-electron chi connectivity index (χ3n) is 4.09. The van der Waals surface area contributed by atoms with Gasteiger partial charge in [0.2, 0.25) is 0 Å². The molecule has 3 rings (SSSR count). The third-order valence-corrected chi connectivity index (χ3v) is 5.30. The average molecular weight is 301 g/mol. The number of hydrogen-bond donors (Lipinski definition) is 1. The highest BCUT2D eigenvalue weighted by molar-refractivity contribution is 7.99. The third kappa shape index (κ3) is 3.01. The Morgan fingerprint density at radius 3 is 3.00 bits per heavy atom. The van der Waals surface area contributed by atoms with E-state index in [4.69, 9.17) is 0 Å². The first kappa shape index (κ1) is 14.7. The van der Waals surface area contributed by atoms with Gasteiger partial charge in [-0.25, -0.2) is 0 Å². The maximum Gasteiger partial charge on any atom is 0.0537 e. The molecule has 112 valence electrons. The number of aromatic nitrogens is 2. The van der Waals surface area contributed by atoms with E-state index >= 15 is 0 Å². The summed E-state index contributed by atoms with van der Waals surface area (Å²) in [4.78, 5) is 1.44. The molecular formula is C17H23N3S. The van der Waals surface area contributed by atoms with Gasteiger partial charge in [-0.2, -0.15) is 5.10 Å². The van der Waals surface area contributed by atoms with Crippen molar-refractivity contribution < 1.29 is 0 Å². The van der Waals surface area contributed by atoms with Crippen molar-refractivity contribution in [2.24, 2.45) is 0 Å². The van der Waals surface area contributed by atoms with Crippen molar-refractivity contribution in [2.45, 2.75) is 43.7 Å². The molecule has 1 aromatic carbocycles. The van der Waals surface area contributed by atoms with Crippen molar-refractivity contribution in [1.29, 1.82) is 0 Å². The zero-order valence-electron chi connectivity index (χ0n) is 12.7. The highest BCUT2D eigenvalue weighted by Crippen LogP contribution is 2.45. The number of fused-ring (bicyclic) bond motifs is 1. The van der Waals surface area contributed by atoms with Gasteiger partial charge in [-0.1, -0.05) is 25.1 Å². The molecule has 0 aliphatic carbocycles. The summed E-state index contributed by atoms with van der Waals surface area (Å²) in [5.74, 6) is 1.69. The molecule has 0 bridgehead atoms. The van der Waals surface area contributed by atoms with Crippen LogP contribution in [-0.4, -0.2) is 22.1 Å². The molecule has 2 aromatic rings. The van der Waals surface area contributed by atoms with E-state index in [2.05, 4.69) is 54.7 Å². The second kappa shape index (κ2) is 6.67. The molecule has 1 aliphatic heterocycles. The van der Waals surface area contributed by atoms with Gasteiger partial charge in [-0.15, -0.1) is 11.8 Å².